The Balaban J connectivity index is 1.31. The Labute approximate surface area is 172 Å². The van der Waals surface area contributed by atoms with Crippen molar-refractivity contribution in [2.75, 3.05) is 23.7 Å². The van der Waals surface area contributed by atoms with Crippen molar-refractivity contribution >= 4 is 34.6 Å². The van der Waals surface area contributed by atoms with Crippen LogP contribution < -0.4 is 10.6 Å². The summed E-state index contributed by atoms with van der Waals surface area (Å²) in [6.45, 7) is 1.29. The van der Waals surface area contributed by atoms with E-state index in [2.05, 4.69) is 20.8 Å². The van der Waals surface area contributed by atoms with Crippen LogP contribution in [0.25, 0.3) is 0 Å². The van der Waals surface area contributed by atoms with E-state index in [1.54, 1.807) is 0 Å². The molecule has 0 saturated carbocycles. The molecule has 3 amide bonds. The van der Waals surface area contributed by atoms with Crippen molar-refractivity contribution in [1.82, 2.24) is 15.1 Å². The molecule has 0 bridgehead atoms. The third-order valence-electron chi connectivity index (χ3n) is 4.82. The number of anilines is 2. The molecule has 1 aliphatic heterocycles. The zero-order valence-corrected chi connectivity index (χ0v) is 16.6. The standard InChI is InChI=1S/C21H21N5O2S/c27-18(22-16-7-3-1-4-8-16)20-25-24-19(29-20)15-11-13-26(14-12-15)21(28)23-17-9-5-2-6-10-17/h1-10,15H,11-14H2,(H,22,27)(H,23,28). The van der Waals surface area contributed by atoms with Gasteiger partial charge in [0.05, 0.1) is 0 Å². The molecule has 0 aliphatic carbocycles. The average molecular weight is 407 g/mol. The second kappa shape index (κ2) is 8.83. The van der Waals surface area contributed by atoms with Crippen molar-refractivity contribution in [2.45, 2.75) is 18.8 Å². The summed E-state index contributed by atoms with van der Waals surface area (Å²) in [5, 5.41) is 15.2. The number of amides is 3. The van der Waals surface area contributed by atoms with E-state index in [1.165, 1.54) is 11.3 Å². The van der Waals surface area contributed by atoms with E-state index in [4.69, 9.17) is 0 Å². The molecule has 1 aliphatic rings. The fraction of sp³-hybridized carbons (Fsp3) is 0.238. The number of aromatic nitrogens is 2. The van der Waals surface area contributed by atoms with Crippen molar-refractivity contribution in [2.24, 2.45) is 0 Å². The van der Waals surface area contributed by atoms with E-state index in [1.807, 2.05) is 65.6 Å². The Morgan fingerprint density at radius 2 is 1.45 bits per heavy atom. The van der Waals surface area contributed by atoms with Crippen LogP contribution >= 0.6 is 11.3 Å². The SMILES string of the molecule is O=C(Nc1ccccc1)c1nnc(C2CCN(C(=O)Nc3ccccc3)CC2)s1. The number of benzene rings is 2. The van der Waals surface area contributed by atoms with Gasteiger partial charge in [-0.15, -0.1) is 10.2 Å². The summed E-state index contributed by atoms with van der Waals surface area (Å²) in [6, 6.07) is 18.6. The molecule has 1 saturated heterocycles. The molecule has 4 rings (SSSR count). The molecule has 0 radical (unpaired) electrons. The molecule has 0 spiro atoms. The molecule has 1 fully saturated rings. The summed E-state index contributed by atoms with van der Waals surface area (Å²) >= 11 is 1.33. The van der Waals surface area contributed by atoms with Gasteiger partial charge in [-0.3, -0.25) is 4.79 Å². The van der Waals surface area contributed by atoms with Gasteiger partial charge in [0.25, 0.3) is 5.91 Å². The average Bonchev–Trinajstić information content (AvgIpc) is 3.26. The summed E-state index contributed by atoms with van der Waals surface area (Å²) in [4.78, 5) is 26.6. The van der Waals surface area contributed by atoms with Crippen LogP contribution in [0.15, 0.2) is 60.7 Å². The van der Waals surface area contributed by atoms with E-state index in [0.717, 1.165) is 29.2 Å². The van der Waals surface area contributed by atoms with Gasteiger partial charge in [-0.05, 0) is 37.1 Å². The third-order valence-corrected chi connectivity index (χ3v) is 5.91. The highest BCUT2D eigenvalue weighted by Gasteiger charge is 2.27. The van der Waals surface area contributed by atoms with Crippen molar-refractivity contribution < 1.29 is 9.59 Å². The highest BCUT2D eigenvalue weighted by molar-refractivity contribution is 7.13. The molecule has 2 heterocycles. The number of likely N-dealkylation sites (tertiary alicyclic amines) is 1. The largest absolute Gasteiger partial charge is 0.324 e. The molecular weight excluding hydrogens is 386 g/mol. The molecule has 2 N–H and O–H groups in total. The summed E-state index contributed by atoms with van der Waals surface area (Å²) < 4.78 is 0. The number of nitrogens with zero attached hydrogens (tertiary/aromatic N) is 3. The van der Waals surface area contributed by atoms with Gasteiger partial charge in [0.2, 0.25) is 5.01 Å². The minimum absolute atomic E-state index is 0.0881. The molecule has 2 aromatic carbocycles. The van der Waals surface area contributed by atoms with E-state index in [0.29, 0.717) is 18.1 Å². The van der Waals surface area contributed by atoms with Gasteiger partial charge in [0.15, 0.2) is 0 Å². The van der Waals surface area contributed by atoms with Crippen molar-refractivity contribution in [3.05, 3.63) is 70.7 Å². The Kier molecular flexibility index (Phi) is 5.81. The maximum Gasteiger partial charge on any atom is 0.321 e. The van der Waals surface area contributed by atoms with Crippen molar-refractivity contribution in [3.63, 3.8) is 0 Å². The fourth-order valence-corrected chi connectivity index (χ4v) is 4.16. The quantitative estimate of drug-likeness (QED) is 0.678. The lowest BCUT2D eigenvalue weighted by molar-refractivity contribution is 0.102. The van der Waals surface area contributed by atoms with Crippen LogP contribution in [0.5, 0.6) is 0 Å². The normalized spacial score (nSPS) is 14.4. The van der Waals surface area contributed by atoms with Gasteiger partial charge >= 0.3 is 6.03 Å². The second-order valence-electron chi connectivity index (χ2n) is 6.82. The summed E-state index contributed by atoms with van der Waals surface area (Å²) in [5.74, 6) is -0.0359. The molecule has 148 valence electrons. The lowest BCUT2D eigenvalue weighted by atomic mass is 9.98. The van der Waals surface area contributed by atoms with Crippen LogP contribution in [0.3, 0.4) is 0 Å². The van der Waals surface area contributed by atoms with Gasteiger partial charge in [0, 0.05) is 30.4 Å². The molecule has 29 heavy (non-hydrogen) atoms. The molecule has 0 unspecified atom stereocenters. The number of carbonyl (C=O) groups excluding carboxylic acids is 2. The van der Waals surface area contributed by atoms with Crippen LogP contribution in [0.2, 0.25) is 0 Å². The third kappa shape index (κ3) is 4.78. The van der Waals surface area contributed by atoms with Crippen LogP contribution in [0.1, 0.15) is 33.6 Å². The minimum Gasteiger partial charge on any atom is -0.324 e. The first kappa shape index (κ1) is 19.1. The zero-order valence-electron chi connectivity index (χ0n) is 15.7. The molecule has 8 heteroatoms. The van der Waals surface area contributed by atoms with Crippen LogP contribution in [0, 0.1) is 0 Å². The number of urea groups is 1. The minimum atomic E-state index is -0.250. The topological polar surface area (TPSA) is 87.2 Å². The lowest BCUT2D eigenvalue weighted by Crippen LogP contribution is -2.40. The number of carbonyl (C=O) groups is 2. The van der Waals surface area contributed by atoms with Crippen LogP contribution in [-0.2, 0) is 0 Å². The van der Waals surface area contributed by atoms with Gasteiger partial charge < -0.3 is 15.5 Å². The van der Waals surface area contributed by atoms with E-state index in [9.17, 15) is 9.59 Å². The maximum absolute atomic E-state index is 12.4. The molecule has 3 aromatic rings. The predicted octanol–water partition coefficient (Wildman–Crippen LogP) is 4.20. The summed E-state index contributed by atoms with van der Waals surface area (Å²) in [5.41, 5.74) is 1.52. The van der Waals surface area contributed by atoms with Crippen molar-refractivity contribution in [1.29, 1.82) is 0 Å². The van der Waals surface area contributed by atoms with Gasteiger partial charge in [-0.1, -0.05) is 47.7 Å². The maximum atomic E-state index is 12.4. The molecule has 7 nitrogen and oxygen atoms in total. The Morgan fingerprint density at radius 1 is 0.862 bits per heavy atom. The monoisotopic (exact) mass is 407 g/mol. The van der Waals surface area contributed by atoms with Crippen LogP contribution in [-0.4, -0.2) is 40.1 Å². The predicted molar refractivity (Wildman–Crippen MR) is 113 cm³/mol. The van der Waals surface area contributed by atoms with Gasteiger partial charge in [0.1, 0.15) is 5.01 Å². The number of hydrogen-bond acceptors (Lipinski definition) is 5. The smallest absolute Gasteiger partial charge is 0.321 e. The number of para-hydroxylation sites is 2. The number of nitrogens with one attached hydrogen (secondary N) is 2. The summed E-state index contributed by atoms with van der Waals surface area (Å²) in [7, 11) is 0. The number of hydrogen-bond donors (Lipinski definition) is 2. The Bertz CT molecular complexity index is 969. The highest BCUT2D eigenvalue weighted by Crippen LogP contribution is 2.30. The molecular formula is C21H21N5O2S. The first-order valence-electron chi connectivity index (χ1n) is 9.50. The fourth-order valence-electron chi connectivity index (χ4n) is 3.25. The lowest BCUT2D eigenvalue weighted by Gasteiger charge is -2.30. The van der Waals surface area contributed by atoms with Crippen molar-refractivity contribution in [3.8, 4) is 0 Å². The second-order valence-corrected chi connectivity index (χ2v) is 7.83. The van der Waals surface area contributed by atoms with Gasteiger partial charge in [-0.25, -0.2) is 4.79 Å². The van der Waals surface area contributed by atoms with E-state index in [-0.39, 0.29) is 17.9 Å². The zero-order chi connectivity index (χ0) is 20.1. The van der Waals surface area contributed by atoms with E-state index >= 15 is 0 Å². The van der Waals surface area contributed by atoms with E-state index < -0.39 is 0 Å². The summed E-state index contributed by atoms with van der Waals surface area (Å²) in [6.07, 6.45) is 1.61. The molecule has 1 aromatic heterocycles. The number of rotatable bonds is 4. The van der Waals surface area contributed by atoms with Gasteiger partial charge in [-0.2, -0.15) is 0 Å². The molecule has 0 atom stereocenters. The first-order chi connectivity index (χ1) is 14.2. The number of piperidine rings is 1. The first-order valence-corrected chi connectivity index (χ1v) is 10.3. The highest BCUT2D eigenvalue weighted by atomic mass is 32.1. The Hall–Kier alpha value is -3.26. The van der Waals surface area contributed by atoms with Crippen LogP contribution in [0.4, 0.5) is 16.2 Å². The Morgan fingerprint density at radius 3 is 2.07 bits per heavy atom.